The number of benzene rings is 3. The highest BCUT2D eigenvalue weighted by molar-refractivity contribution is 5.99. The van der Waals surface area contributed by atoms with Crippen LogP contribution in [0.1, 0.15) is 50.2 Å². The van der Waals surface area contributed by atoms with Crippen LogP contribution in [0.2, 0.25) is 0 Å². The van der Waals surface area contributed by atoms with Crippen LogP contribution in [-0.4, -0.2) is 59.0 Å². The molecule has 1 unspecified atom stereocenters. The Bertz CT molecular complexity index is 1480. The molecule has 0 bridgehead atoms. The molecule has 0 saturated carbocycles. The molecule has 42 heavy (non-hydrogen) atoms. The zero-order valence-electron chi connectivity index (χ0n) is 22.8. The Morgan fingerprint density at radius 2 is 1.64 bits per heavy atom. The first-order chi connectivity index (χ1) is 20.0. The number of amides is 3. The van der Waals surface area contributed by atoms with E-state index in [1.807, 2.05) is 19.1 Å². The summed E-state index contributed by atoms with van der Waals surface area (Å²) in [5.74, 6) is -1.83. The molecule has 2 aliphatic heterocycles. The van der Waals surface area contributed by atoms with Crippen LogP contribution in [0.3, 0.4) is 0 Å². The number of hydrogen-bond donors (Lipinski definition) is 1. The number of carbonyl (C=O) groups excluding carboxylic acids is 3. The van der Waals surface area contributed by atoms with Gasteiger partial charge < -0.3 is 15.0 Å². The molecule has 1 atom stereocenters. The molecule has 3 amide bonds. The second kappa shape index (κ2) is 11.6. The van der Waals surface area contributed by atoms with Gasteiger partial charge >= 0.3 is 6.18 Å². The monoisotopic (exact) mass is 583 g/mol. The fraction of sp³-hybridized carbons (Fsp3) is 0.323. The topological polar surface area (TPSA) is 79.0 Å². The van der Waals surface area contributed by atoms with E-state index >= 15 is 0 Å². The fourth-order valence-corrected chi connectivity index (χ4v) is 5.51. The Kier molecular flexibility index (Phi) is 8.05. The van der Waals surface area contributed by atoms with Crippen molar-refractivity contribution in [3.8, 4) is 0 Å². The summed E-state index contributed by atoms with van der Waals surface area (Å²) in [6.07, 6.45) is -4.07. The number of rotatable bonds is 5. The van der Waals surface area contributed by atoms with Gasteiger partial charge in [0, 0.05) is 43.6 Å². The summed E-state index contributed by atoms with van der Waals surface area (Å²) in [6, 6.07) is 15.7. The van der Waals surface area contributed by atoms with Crippen LogP contribution in [0.25, 0.3) is 0 Å². The number of piperidine rings is 1. The minimum absolute atomic E-state index is 0.146. The molecule has 0 radical (unpaired) electrons. The number of aryl methyl sites for hydroxylation is 1. The molecule has 0 aromatic heterocycles. The number of ether oxygens (including phenoxy) is 1. The zero-order valence-corrected chi connectivity index (χ0v) is 22.8. The molecule has 3 aromatic carbocycles. The van der Waals surface area contributed by atoms with Crippen molar-refractivity contribution in [3.63, 3.8) is 0 Å². The van der Waals surface area contributed by atoms with E-state index in [0.29, 0.717) is 5.56 Å². The normalized spacial score (nSPS) is 18.3. The average Bonchev–Trinajstić information content (AvgIpc) is 3.34. The Balaban J connectivity index is 1.36. The molecule has 5 rings (SSSR count). The summed E-state index contributed by atoms with van der Waals surface area (Å²) < 4.78 is 59.2. The van der Waals surface area contributed by atoms with Crippen molar-refractivity contribution in [1.29, 1.82) is 0 Å². The van der Waals surface area contributed by atoms with Crippen molar-refractivity contribution < 1.29 is 36.7 Å². The van der Waals surface area contributed by atoms with Crippen LogP contribution in [-0.2, 0) is 22.3 Å². The highest BCUT2D eigenvalue weighted by Gasteiger charge is 2.54. The van der Waals surface area contributed by atoms with Crippen molar-refractivity contribution in [3.05, 3.63) is 106 Å². The SMILES string of the molecule is Cc1ccccc1C(=O)N1CCC2(CC1)OCC(C(=O)NCc1cccc(C(F)(F)F)c1)N2C(=O)c1ccc(F)cc1. The molecule has 2 fully saturated rings. The smallest absolute Gasteiger partial charge is 0.353 e. The zero-order chi connectivity index (χ0) is 30.1. The lowest BCUT2D eigenvalue weighted by molar-refractivity contribution is -0.137. The molecule has 220 valence electrons. The van der Waals surface area contributed by atoms with Crippen LogP contribution in [0.4, 0.5) is 17.6 Å². The minimum Gasteiger partial charge on any atom is -0.353 e. The van der Waals surface area contributed by atoms with Gasteiger partial charge in [0.05, 0.1) is 12.2 Å². The number of carbonyl (C=O) groups is 3. The third kappa shape index (κ3) is 5.87. The van der Waals surface area contributed by atoms with Gasteiger partial charge in [0.2, 0.25) is 5.91 Å². The van der Waals surface area contributed by atoms with Gasteiger partial charge in [0.1, 0.15) is 17.6 Å². The van der Waals surface area contributed by atoms with Gasteiger partial charge in [-0.2, -0.15) is 13.2 Å². The lowest BCUT2D eigenvalue weighted by Gasteiger charge is -2.44. The Morgan fingerprint density at radius 3 is 2.31 bits per heavy atom. The van der Waals surface area contributed by atoms with E-state index in [1.165, 1.54) is 29.2 Å². The molecule has 2 aliphatic rings. The molecule has 2 saturated heterocycles. The highest BCUT2D eigenvalue weighted by Crippen LogP contribution is 2.39. The third-order valence-corrected chi connectivity index (χ3v) is 7.80. The quantitative estimate of drug-likeness (QED) is 0.432. The lowest BCUT2D eigenvalue weighted by atomic mass is 9.95. The van der Waals surface area contributed by atoms with Gasteiger partial charge in [-0.25, -0.2) is 4.39 Å². The van der Waals surface area contributed by atoms with Gasteiger partial charge in [-0.05, 0) is 60.5 Å². The maximum absolute atomic E-state index is 13.8. The van der Waals surface area contributed by atoms with Crippen LogP contribution in [0.5, 0.6) is 0 Å². The van der Waals surface area contributed by atoms with E-state index in [0.717, 1.165) is 29.8 Å². The second-order valence-corrected chi connectivity index (χ2v) is 10.5. The maximum Gasteiger partial charge on any atom is 0.416 e. The fourth-order valence-electron chi connectivity index (χ4n) is 5.51. The summed E-state index contributed by atoms with van der Waals surface area (Å²) in [6.45, 7) is 2.04. The number of nitrogens with zero attached hydrogens (tertiary/aromatic N) is 2. The molecule has 0 aliphatic carbocycles. The summed E-state index contributed by atoms with van der Waals surface area (Å²) in [5.41, 5.74) is -0.233. The molecule has 1 spiro atoms. The summed E-state index contributed by atoms with van der Waals surface area (Å²) in [7, 11) is 0. The van der Waals surface area contributed by atoms with Gasteiger partial charge in [-0.3, -0.25) is 19.3 Å². The first-order valence-electron chi connectivity index (χ1n) is 13.5. The predicted molar refractivity (Wildman–Crippen MR) is 145 cm³/mol. The largest absolute Gasteiger partial charge is 0.416 e. The Labute approximate surface area is 240 Å². The second-order valence-electron chi connectivity index (χ2n) is 10.5. The third-order valence-electron chi connectivity index (χ3n) is 7.80. The summed E-state index contributed by atoms with van der Waals surface area (Å²) in [5, 5.41) is 2.64. The van der Waals surface area contributed by atoms with Crippen LogP contribution < -0.4 is 5.32 Å². The van der Waals surface area contributed by atoms with Crippen LogP contribution >= 0.6 is 0 Å². The molecule has 1 N–H and O–H groups in total. The molecular weight excluding hydrogens is 554 g/mol. The van der Waals surface area contributed by atoms with Crippen molar-refractivity contribution in [2.24, 2.45) is 0 Å². The molecular formula is C31H29F4N3O4. The first kappa shape index (κ1) is 29.2. The van der Waals surface area contributed by atoms with Gasteiger partial charge in [0.15, 0.2) is 0 Å². The number of halogens is 4. The van der Waals surface area contributed by atoms with Gasteiger partial charge in [-0.15, -0.1) is 0 Å². The average molecular weight is 584 g/mol. The van der Waals surface area contributed by atoms with Crippen molar-refractivity contribution in [2.75, 3.05) is 19.7 Å². The standard InChI is InChI=1S/C31H29F4N3O4/c1-20-5-2-3-8-25(20)29(41)37-15-13-30(14-16-37)38(28(40)22-9-11-24(32)12-10-22)26(19-42-30)27(39)36-18-21-6-4-7-23(17-21)31(33,34)35/h2-12,17,26H,13-16,18-19H2,1H3,(H,36,39). The van der Waals surface area contributed by atoms with E-state index in [9.17, 15) is 31.9 Å². The van der Waals surface area contributed by atoms with Gasteiger partial charge in [-0.1, -0.05) is 30.3 Å². The minimum atomic E-state index is -4.53. The van der Waals surface area contributed by atoms with E-state index < -0.39 is 41.1 Å². The Hall–Kier alpha value is -4.25. The maximum atomic E-state index is 13.8. The van der Waals surface area contributed by atoms with Crippen LogP contribution in [0, 0.1) is 12.7 Å². The summed E-state index contributed by atoms with van der Waals surface area (Å²) in [4.78, 5) is 43.4. The molecule has 2 heterocycles. The van der Waals surface area contributed by atoms with Crippen molar-refractivity contribution in [2.45, 2.75) is 44.3 Å². The molecule has 11 heteroatoms. The van der Waals surface area contributed by atoms with Crippen LogP contribution in [0.15, 0.2) is 72.8 Å². The van der Waals surface area contributed by atoms with E-state index in [4.69, 9.17) is 4.74 Å². The lowest BCUT2D eigenvalue weighted by Crippen LogP contribution is -2.59. The number of nitrogens with one attached hydrogen (secondary N) is 1. The predicted octanol–water partition coefficient (Wildman–Crippen LogP) is 4.94. The summed E-state index contributed by atoms with van der Waals surface area (Å²) >= 11 is 0. The van der Waals surface area contributed by atoms with Gasteiger partial charge in [0.25, 0.3) is 11.8 Å². The first-order valence-corrected chi connectivity index (χ1v) is 13.5. The van der Waals surface area contributed by atoms with E-state index in [-0.39, 0.29) is 56.1 Å². The molecule has 7 nitrogen and oxygen atoms in total. The van der Waals surface area contributed by atoms with Crippen molar-refractivity contribution >= 4 is 17.7 Å². The van der Waals surface area contributed by atoms with Crippen molar-refractivity contribution in [1.82, 2.24) is 15.1 Å². The number of hydrogen-bond acceptors (Lipinski definition) is 4. The number of alkyl halides is 3. The van der Waals surface area contributed by atoms with E-state index in [2.05, 4.69) is 5.32 Å². The number of likely N-dealkylation sites (tertiary alicyclic amines) is 1. The highest BCUT2D eigenvalue weighted by atomic mass is 19.4. The Morgan fingerprint density at radius 1 is 0.952 bits per heavy atom. The molecule has 3 aromatic rings. The van der Waals surface area contributed by atoms with E-state index in [1.54, 1.807) is 17.0 Å².